The van der Waals surface area contributed by atoms with Gasteiger partial charge in [-0.2, -0.15) is 0 Å². The lowest BCUT2D eigenvalue weighted by atomic mass is 9.94. The standard InChI is InChI=1S/C21H29NO3S/c1-14(2)19-12-20(16(4)11-21(19)25-6)17(5)22-26(23,24)13-18-10-8-7-9-15(18)3/h7-12,14,17,22H,13H2,1-6H3/t17-/m0/s1. The zero-order chi connectivity index (χ0) is 19.5. The first-order valence-corrected chi connectivity index (χ1v) is 10.5. The minimum atomic E-state index is -3.45. The van der Waals surface area contributed by atoms with Crippen molar-refractivity contribution in [2.45, 2.75) is 52.3 Å². The Morgan fingerprint density at radius 3 is 2.23 bits per heavy atom. The molecule has 0 amide bonds. The number of hydrogen-bond donors (Lipinski definition) is 1. The molecule has 26 heavy (non-hydrogen) atoms. The highest BCUT2D eigenvalue weighted by Crippen LogP contribution is 2.32. The van der Waals surface area contributed by atoms with Gasteiger partial charge in [0.2, 0.25) is 10.0 Å². The number of methoxy groups -OCH3 is 1. The monoisotopic (exact) mass is 375 g/mol. The molecular formula is C21H29NO3S. The molecule has 2 rings (SSSR count). The molecule has 0 aliphatic heterocycles. The zero-order valence-corrected chi connectivity index (χ0v) is 17.3. The number of sulfonamides is 1. The molecule has 0 aliphatic rings. The topological polar surface area (TPSA) is 55.4 Å². The highest BCUT2D eigenvalue weighted by Gasteiger charge is 2.20. The number of aryl methyl sites for hydroxylation is 2. The first-order chi connectivity index (χ1) is 12.1. The molecule has 0 saturated heterocycles. The first kappa shape index (κ1) is 20.5. The van der Waals surface area contributed by atoms with Gasteiger partial charge in [0.05, 0.1) is 12.9 Å². The van der Waals surface area contributed by atoms with Crippen molar-refractivity contribution in [2.75, 3.05) is 7.11 Å². The summed E-state index contributed by atoms with van der Waals surface area (Å²) in [5.74, 6) is 1.12. The van der Waals surface area contributed by atoms with Crippen molar-refractivity contribution in [3.05, 3.63) is 64.2 Å². The largest absolute Gasteiger partial charge is 0.496 e. The maximum absolute atomic E-state index is 12.7. The average molecular weight is 376 g/mol. The van der Waals surface area contributed by atoms with Crippen molar-refractivity contribution < 1.29 is 13.2 Å². The molecule has 0 heterocycles. The van der Waals surface area contributed by atoms with Crippen LogP contribution in [0.25, 0.3) is 0 Å². The number of ether oxygens (including phenoxy) is 1. The molecule has 0 aromatic heterocycles. The van der Waals surface area contributed by atoms with Crippen LogP contribution >= 0.6 is 0 Å². The highest BCUT2D eigenvalue weighted by atomic mass is 32.2. The van der Waals surface area contributed by atoms with Crippen molar-refractivity contribution in [3.63, 3.8) is 0 Å². The number of nitrogens with one attached hydrogen (secondary N) is 1. The van der Waals surface area contributed by atoms with Gasteiger partial charge in [0.25, 0.3) is 0 Å². The van der Waals surface area contributed by atoms with Gasteiger partial charge in [-0.1, -0.05) is 38.1 Å². The van der Waals surface area contributed by atoms with Crippen LogP contribution in [0.15, 0.2) is 36.4 Å². The van der Waals surface area contributed by atoms with Gasteiger partial charge < -0.3 is 4.74 Å². The highest BCUT2D eigenvalue weighted by molar-refractivity contribution is 7.88. The van der Waals surface area contributed by atoms with E-state index < -0.39 is 10.0 Å². The Balaban J connectivity index is 2.27. The van der Waals surface area contributed by atoms with E-state index in [-0.39, 0.29) is 11.8 Å². The van der Waals surface area contributed by atoms with Crippen LogP contribution in [0.4, 0.5) is 0 Å². The summed E-state index contributed by atoms with van der Waals surface area (Å²) >= 11 is 0. The van der Waals surface area contributed by atoms with Crippen LogP contribution < -0.4 is 9.46 Å². The van der Waals surface area contributed by atoms with Crippen LogP contribution in [-0.4, -0.2) is 15.5 Å². The summed E-state index contributed by atoms with van der Waals surface area (Å²) in [5, 5.41) is 0. The van der Waals surface area contributed by atoms with Crippen molar-refractivity contribution in [1.29, 1.82) is 0 Å². The lowest BCUT2D eigenvalue weighted by molar-refractivity contribution is 0.406. The van der Waals surface area contributed by atoms with Crippen LogP contribution in [0.5, 0.6) is 5.75 Å². The second-order valence-electron chi connectivity index (χ2n) is 7.13. The molecule has 0 spiro atoms. The van der Waals surface area contributed by atoms with Crippen LogP contribution in [0.3, 0.4) is 0 Å². The molecule has 0 fully saturated rings. The molecule has 2 aromatic carbocycles. The van der Waals surface area contributed by atoms with Gasteiger partial charge in [-0.15, -0.1) is 0 Å². The molecule has 142 valence electrons. The van der Waals surface area contributed by atoms with Gasteiger partial charge in [0.15, 0.2) is 0 Å². The maximum Gasteiger partial charge on any atom is 0.216 e. The predicted molar refractivity (Wildman–Crippen MR) is 107 cm³/mol. The van der Waals surface area contributed by atoms with E-state index in [1.165, 1.54) is 0 Å². The minimum absolute atomic E-state index is 0.0176. The van der Waals surface area contributed by atoms with Gasteiger partial charge >= 0.3 is 0 Å². The third-order valence-corrected chi connectivity index (χ3v) is 6.07. The number of hydrogen-bond acceptors (Lipinski definition) is 3. The van der Waals surface area contributed by atoms with E-state index >= 15 is 0 Å². The Hall–Kier alpha value is -1.85. The molecule has 2 aromatic rings. The van der Waals surface area contributed by atoms with E-state index in [1.54, 1.807) is 7.11 Å². The molecule has 4 nitrogen and oxygen atoms in total. The molecule has 0 unspecified atom stereocenters. The molecule has 0 radical (unpaired) electrons. The Labute approximate surface area is 157 Å². The van der Waals surface area contributed by atoms with Crippen LogP contribution in [0.2, 0.25) is 0 Å². The number of benzene rings is 2. The van der Waals surface area contributed by atoms with E-state index in [4.69, 9.17) is 4.74 Å². The summed E-state index contributed by atoms with van der Waals surface area (Å²) in [6.07, 6.45) is 0. The molecule has 0 bridgehead atoms. The molecule has 1 atom stereocenters. The summed E-state index contributed by atoms with van der Waals surface area (Å²) < 4.78 is 33.6. The van der Waals surface area contributed by atoms with Crippen molar-refractivity contribution >= 4 is 10.0 Å². The second kappa shape index (κ2) is 8.23. The third kappa shape index (κ3) is 4.86. The fraction of sp³-hybridized carbons (Fsp3) is 0.429. The fourth-order valence-corrected chi connectivity index (χ4v) is 4.64. The normalized spacial score (nSPS) is 13.0. The summed E-state index contributed by atoms with van der Waals surface area (Å²) in [6.45, 7) is 9.99. The van der Waals surface area contributed by atoms with Gasteiger partial charge in [-0.3, -0.25) is 0 Å². The van der Waals surface area contributed by atoms with Gasteiger partial charge in [0, 0.05) is 6.04 Å². The van der Waals surface area contributed by atoms with Crippen LogP contribution in [0, 0.1) is 13.8 Å². The van der Waals surface area contributed by atoms with Gasteiger partial charge in [-0.05, 0) is 66.6 Å². The van der Waals surface area contributed by atoms with E-state index in [0.29, 0.717) is 5.92 Å². The summed E-state index contributed by atoms with van der Waals surface area (Å²) in [5.41, 5.74) is 4.87. The molecule has 0 aliphatic carbocycles. The molecule has 1 N–H and O–H groups in total. The third-order valence-electron chi connectivity index (χ3n) is 4.67. The van der Waals surface area contributed by atoms with Gasteiger partial charge in [0.1, 0.15) is 5.75 Å². The minimum Gasteiger partial charge on any atom is -0.496 e. The second-order valence-corrected chi connectivity index (χ2v) is 8.88. The van der Waals surface area contributed by atoms with Crippen molar-refractivity contribution in [2.24, 2.45) is 0 Å². The summed E-state index contributed by atoms with van der Waals surface area (Å²) in [4.78, 5) is 0. The van der Waals surface area contributed by atoms with E-state index in [2.05, 4.69) is 24.6 Å². The Morgan fingerprint density at radius 2 is 1.65 bits per heavy atom. The lowest BCUT2D eigenvalue weighted by Crippen LogP contribution is -2.29. The van der Waals surface area contributed by atoms with Crippen molar-refractivity contribution in [3.8, 4) is 5.75 Å². The lowest BCUT2D eigenvalue weighted by Gasteiger charge is -2.21. The molecular weight excluding hydrogens is 346 g/mol. The van der Waals surface area contributed by atoms with Crippen LogP contribution in [-0.2, 0) is 15.8 Å². The molecule has 0 saturated carbocycles. The van der Waals surface area contributed by atoms with Crippen molar-refractivity contribution in [1.82, 2.24) is 4.72 Å². The van der Waals surface area contributed by atoms with Crippen LogP contribution in [0.1, 0.15) is 60.5 Å². The zero-order valence-electron chi connectivity index (χ0n) is 16.5. The van der Waals surface area contributed by atoms with E-state index in [9.17, 15) is 8.42 Å². The predicted octanol–water partition coefficient (Wildman–Crippen LogP) is 4.62. The average Bonchev–Trinajstić information content (AvgIpc) is 2.55. The van der Waals surface area contributed by atoms with Gasteiger partial charge in [-0.25, -0.2) is 13.1 Å². The number of rotatable bonds is 7. The fourth-order valence-electron chi connectivity index (χ4n) is 3.16. The quantitative estimate of drug-likeness (QED) is 0.768. The first-order valence-electron chi connectivity index (χ1n) is 8.87. The SMILES string of the molecule is COc1cc(C)c([C@H](C)NS(=O)(=O)Cc2ccccc2C)cc1C(C)C. The molecule has 5 heteroatoms. The smallest absolute Gasteiger partial charge is 0.216 e. The Morgan fingerprint density at radius 1 is 1.00 bits per heavy atom. The maximum atomic E-state index is 12.7. The van der Waals surface area contributed by atoms with E-state index in [1.807, 2.05) is 51.1 Å². The Kier molecular flexibility index (Phi) is 6.48. The van der Waals surface area contributed by atoms with E-state index in [0.717, 1.165) is 33.6 Å². The summed E-state index contributed by atoms with van der Waals surface area (Å²) in [6, 6.07) is 11.3. The Bertz CT molecular complexity index is 873. The summed E-state index contributed by atoms with van der Waals surface area (Å²) in [7, 11) is -1.79.